The minimum absolute atomic E-state index is 0.265. The smallest absolute Gasteiger partial charge is 0.319 e. The summed E-state index contributed by atoms with van der Waals surface area (Å²) < 4.78 is 12.7. The van der Waals surface area contributed by atoms with Crippen LogP contribution in [0, 0.1) is 6.92 Å². The Balaban J connectivity index is 1.85. The van der Waals surface area contributed by atoms with Crippen molar-refractivity contribution in [3.8, 4) is 5.75 Å². The Morgan fingerprint density at radius 2 is 2.12 bits per heavy atom. The lowest BCUT2D eigenvalue weighted by atomic mass is 10.3. The Bertz CT molecular complexity index is 685. The number of para-hydroxylation sites is 2. The van der Waals surface area contributed by atoms with Crippen LogP contribution in [0.2, 0.25) is 0 Å². The van der Waals surface area contributed by atoms with Crippen molar-refractivity contribution in [3.63, 3.8) is 0 Å². The van der Waals surface area contributed by atoms with Gasteiger partial charge in [0, 0.05) is 38.5 Å². The van der Waals surface area contributed by atoms with Crippen molar-refractivity contribution >= 4 is 11.7 Å². The molecule has 25 heavy (non-hydrogen) atoms. The van der Waals surface area contributed by atoms with Gasteiger partial charge in [-0.05, 0) is 26.0 Å². The van der Waals surface area contributed by atoms with Crippen LogP contribution < -0.4 is 15.4 Å². The Labute approximate surface area is 148 Å². The van der Waals surface area contributed by atoms with Gasteiger partial charge in [0.15, 0.2) is 0 Å². The number of methoxy groups -OCH3 is 1. The van der Waals surface area contributed by atoms with Crippen molar-refractivity contribution in [3.05, 3.63) is 42.0 Å². The first-order valence-corrected chi connectivity index (χ1v) is 8.42. The number of amides is 2. The summed E-state index contributed by atoms with van der Waals surface area (Å²) in [6, 6.07) is 7.10. The number of hydrogen-bond acceptors (Lipinski definition) is 4. The standard InChI is InChI=1S/C18H26N4O3/c1-4-25-16-8-6-5-7-15(16)21-18(23)19-10-9-17-20-13-14(2)22(17)11-12-24-3/h5-8,13H,4,9-12H2,1-3H3,(H2,19,21,23). The molecular formula is C18H26N4O3. The SMILES string of the molecule is CCOc1ccccc1NC(=O)NCCc1ncc(C)n1CCOC. The Kier molecular flexibility index (Phi) is 7.28. The van der Waals surface area contributed by atoms with Gasteiger partial charge in [0.25, 0.3) is 0 Å². The number of imidazole rings is 1. The molecule has 0 saturated carbocycles. The van der Waals surface area contributed by atoms with Gasteiger partial charge in [0.2, 0.25) is 0 Å². The normalized spacial score (nSPS) is 10.5. The van der Waals surface area contributed by atoms with Crippen LogP contribution in [0.1, 0.15) is 18.4 Å². The molecule has 0 spiro atoms. The van der Waals surface area contributed by atoms with E-state index in [1.807, 2.05) is 44.3 Å². The highest BCUT2D eigenvalue weighted by atomic mass is 16.5. The van der Waals surface area contributed by atoms with Crippen LogP contribution in [-0.2, 0) is 17.7 Å². The summed E-state index contributed by atoms with van der Waals surface area (Å²) in [6.45, 7) is 6.34. The van der Waals surface area contributed by atoms with Crippen molar-refractivity contribution in [2.24, 2.45) is 0 Å². The predicted molar refractivity (Wildman–Crippen MR) is 97.2 cm³/mol. The zero-order valence-corrected chi connectivity index (χ0v) is 15.0. The third-order valence-electron chi connectivity index (χ3n) is 3.73. The fourth-order valence-corrected chi connectivity index (χ4v) is 2.50. The summed E-state index contributed by atoms with van der Waals surface area (Å²) in [7, 11) is 1.68. The maximum Gasteiger partial charge on any atom is 0.319 e. The molecule has 2 aromatic rings. The summed E-state index contributed by atoms with van der Waals surface area (Å²) in [5.41, 5.74) is 1.74. The fourth-order valence-electron chi connectivity index (χ4n) is 2.50. The van der Waals surface area contributed by atoms with Crippen molar-refractivity contribution in [2.75, 3.05) is 32.2 Å². The van der Waals surface area contributed by atoms with Crippen LogP contribution in [0.5, 0.6) is 5.75 Å². The molecular weight excluding hydrogens is 320 g/mol. The van der Waals surface area contributed by atoms with Crippen LogP contribution >= 0.6 is 0 Å². The van der Waals surface area contributed by atoms with Crippen molar-refractivity contribution in [1.29, 1.82) is 0 Å². The molecule has 0 unspecified atom stereocenters. The van der Waals surface area contributed by atoms with E-state index in [4.69, 9.17) is 9.47 Å². The third-order valence-corrected chi connectivity index (χ3v) is 3.73. The number of ether oxygens (including phenoxy) is 2. The van der Waals surface area contributed by atoms with Crippen LogP contribution in [-0.4, -0.2) is 42.5 Å². The average molecular weight is 346 g/mol. The van der Waals surface area contributed by atoms with E-state index in [-0.39, 0.29) is 6.03 Å². The molecule has 0 fully saturated rings. The van der Waals surface area contributed by atoms with Gasteiger partial charge < -0.3 is 24.7 Å². The molecule has 7 heteroatoms. The minimum Gasteiger partial charge on any atom is -0.492 e. The highest BCUT2D eigenvalue weighted by molar-refractivity contribution is 5.90. The number of carbonyl (C=O) groups excluding carboxylic acids is 1. The lowest BCUT2D eigenvalue weighted by Crippen LogP contribution is -2.31. The zero-order valence-electron chi connectivity index (χ0n) is 15.0. The van der Waals surface area contributed by atoms with Crippen LogP contribution in [0.4, 0.5) is 10.5 Å². The van der Waals surface area contributed by atoms with Crippen molar-refractivity contribution in [2.45, 2.75) is 26.8 Å². The maximum absolute atomic E-state index is 12.1. The highest BCUT2D eigenvalue weighted by Crippen LogP contribution is 2.23. The largest absolute Gasteiger partial charge is 0.492 e. The van der Waals surface area contributed by atoms with Crippen molar-refractivity contribution < 1.29 is 14.3 Å². The molecule has 0 saturated heterocycles. The number of rotatable bonds is 9. The average Bonchev–Trinajstić information content (AvgIpc) is 2.95. The first-order valence-electron chi connectivity index (χ1n) is 8.42. The van der Waals surface area contributed by atoms with E-state index < -0.39 is 0 Å². The fraction of sp³-hybridized carbons (Fsp3) is 0.444. The number of nitrogens with zero attached hydrogens (tertiary/aromatic N) is 2. The Hall–Kier alpha value is -2.54. The summed E-state index contributed by atoms with van der Waals surface area (Å²) in [4.78, 5) is 16.5. The number of urea groups is 1. The molecule has 1 heterocycles. The number of benzene rings is 1. The van der Waals surface area contributed by atoms with E-state index in [0.717, 1.165) is 18.1 Å². The molecule has 0 aliphatic carbocycles. The Morgan fingerprint density at radius 1 is 1.32 bits per heavy atom. The molecule has 1 aromatic heterocycles. The van der Waals surface area contributed by atoms with Crippen LogP contribution in [0.3, 0.4) is 0 Å². The second kappa shape index (κ2) is 9.68. The molecule has 2 N–H and O–H groups in total. The van der Waals surface area contributed by atoms with E-state index >= 15 is 0 Å². The lowest BCUT2D eigenvalue weighted by molar-refractivity contribution is 0.185. The van der Waals surface area contributed by atoms with Gasteiger partial charge in [-0.3, -0.25) is 0 Å². The summed E-state index contributed by atoms with van der Waals surface area (Å²) in [5.74, 6) is 1.59. The summed E-state index contributed by atoms with van der Waals surface area (Å²) in [6.07, 6.45) is 2.49. The minimum atomic E-state index is -0.265. The topological polar surface area (TPSA) is 77.4 Å². The summed E-state index contributed by atoms with van der Waals surface area (Å²) >= 11 is 0. The molecule has 0 aliphatic heterocycles. The van der Waals surface area contributed by atoms with Crippen LogP contribution in [0.25, 0.3) is 0 Å². The third kappa shape index (κ3) is 5.49. The first-order chi connectivity index (χ1) is 12.2. The number of aromatic nitrogens is 2. The quantitative estimate of drug-likeness (QED) is 0.732. The monoisotopic (exact) mass is 346 g/mol. The van der Waals surface area contributed by atoms with E-state index in [1.54, 1.807) is 7.11 Å². The lowest BCUT2D eigenvalue weighted by Gasteiger charge is -2.12. The van der Waals surface area contributed by atoms with Gasteiger partial charge in [0.05, 0.1) is 18.9 Å². The van der Waals surface area contributed by atoms with Gasteiger partial charge in [-0.25, -0.2) is 9.78 Å². The van der Waals surface area contributed by atoms with Gasteiger partial charge in [-0.15, -0.1) is 0 Å². The zero-order chi connectivity index (χ0) is 18.1. The van der Waals surface area contributed by atoms with Gasteiger partial charge in [-0.1, -0.05) is 12.1 Å². The predicted octanol–water partition coefficient (Wildman–Crippen LogP) is 2.60. The van der Waals surface area contributed by atoms with Gasteiger partial charge in [-0.2, -0.15) is 0 Å². The second-order valence-corrected chi connectivity index (χ2v) is 5.52. The molecule has 1 aromatic carbocycles. The molecule has 0 aliphatic rings. The number of nitrogens with one attached hydrogen (secondary N) is 2. The molecule has 2 rings (SSSR count). The van der Waals surface area contributed by atoms with E-state index in [9.17, 15) is 4.79 Å². The van der Waals surface area contributed by atoms with E-state index in [2.05, 4.69) is 20.2 Å². The maximum atomic E-state index is 12.1. The van der Waals surface area contributed by atoms with Gasteiger partial charge in [0.1, 0.15) is 11.6 Å². The molecule has 136 valence electrons. The number of aryl methyl sites for hydroxylation is 1. The number of hydrogen-bond donors (Lipinski definition) is 2. The first kappa shape index (κ1) is 18.8. The Morgan fingerprint density at radius 3 is 2.88 bits per heavy atom. The van der Waals surface area contributed by atoms with E-state index in [1.165, 1.54) is 0 Å². The number of anilines is 1. The molecule has 7 nitrogen and oxygen atoms in total. The van der Waals surface area contributed by atoms with Gasteiger partial charge >= 0.3 is 6.03 Å². The van der Waals surface area contributed by atoms with Crippen molar-refractivity contribution in [1.82, 2.24) is 14.9 Å². The molecule has 2 amide bonds. The molecule has 0 radical (unpaired) electrons. The highest BCUT2D eigenvalue weighted by Gasteiger charge is 2.09. The molecule has 0 atom stereocenters. The summed E-state index contributed by atoms with van der Waals surface area (Å²) in [5, 5.41) is 5.66. The van der Waals surface area contributed by atoms with E-state index in [0.29, 0.717) is 37.6 Å². The number of carbonyl (C=O) groups is 1. The second-order valence-electron chi connectivity index (χ2n) is 5.52. The molecule has 0 bridgehead atoms. The van der Waals surface area contributed by atoms with Crippen LogP contribution in [0.15, 0.2) is 30.5 Å².